The molecule has 1 aliphatic carbocycles. The Morgan fingerprint density at radius 1 is 1.20 bits per heavy atom. The van der Waals surface area contributed by atoms with Gasteiger partial charge in [-0.1, -0.05) is 42.5 Å². The van der Waals surface area contributed by atoms with Crippen molar-refractivity contribution in [3.63, 3.8) is 0 Å². The van der Waals surface area contributed by atoms with Gasteiger partial charge in [-0.25, -0.2) is 0 Å². The van der Waals surface area contributed by atoms with Gasteiger partial charge < -0.3 is 5.73 Å². The van der Waals surface area contributed by atoms with Crippen LogP contribution >= 0.6 is 0 Å². The SMILES string of the molecule is CC(C)(N)C1(/C=C/c2ccccc2)CC1. The summed E-state index contributed by atoms with van der Waals surface area (Å²) < 4.78 is 0. The van der Waals surface area contributed by atoms with Crippen LogP contribution in [0.1, 0.15) is 32.3 Å². The third-order valence-electron chi connectivity index (χ3n) is 3.47. The van der Waals surface area contributed by atoms with Gasteiger partial charge >= 0.3 is 0 Å². The van der Waals surface area contributed by atoms with E-state index in [2.05, 4.69) is 50.3 Å². The highest BCUT2D eigenvalue weighted by Crippen LogP contribution is 2.54. The largest absolute Gasteiger partial charge is 0.325 e. The lowest BCUT2D eigenvalue weighted by molar-refractivity contribution is 0.364. The lowest BCUT2D eigenvalue weighted by Crippen LogP contribution is -2.41. The minimum atomic E-state index is -0.0989. The van der Waals surface area contributed by atoms with Crippen LogP contribution in [0.3, 0.4) is 0 Å². The normalized spacial score (nSPS) is 19.4. The summed E-state index contributed by atoms with van der Waals surface area (Å²) in [5.41, 5.74) is 7.59. The third-order valence-corrected chi connectivity index (χ3v) is 3.47. The first-order chi connectivity index (χ1) is 7.04. The van der Waals surface area contributed by atoms with Gasteiger partial charge in [0.2, 0.25) is 0 Å². The van der Waals surface area contributed by atoms with Crippen molar-refractivity contribution in [1.29, 1.82) is 0 Å². The number of hydrogen-bond donors (Lipinski definition) is 1. The Kier molecular flexibility index (Phi) is 2.43. The molecule has 0 aromatic heterocycles. The molecule has 15 heavy (non-hydrogen) atoms. The van der Waals surface area contributed by atoms with Crippen molar-refractivity contribution in [1.82, 2.24) is 0 Å². The summed E-state index contributed by atoms with van der Waals surface area (Å²) in [5, 5.41) is 0. The Hall–Kier alpha value is -1.08. The van der Waals surface area contributed by atoms with Crippen LogP contribution in [-0.4, -0.2) is 5.54 Å². The van der Waals surface area contributed by atoms with Crippen molar-refractivity contribution in [2.75, 3.05) is 0 Å². The highest BCUT2D eigenvalue weighted by Gasteiger charge is 2.50. The molecule has 1 saturated carbocycles. The van der Waals surface area contributed by atoms with Crippen LogP contribution in [0.15, 0.2) is 36.4 Å². The average Bonchev–Trinajstić information content (AvgIpc) is 2.96. The predicted molar refractivity (Wildman–Crippen MR) is 65.4 cm³/mol. The summed E-state index contributed by atoms with van der Waals surface area (Å²) in [4.78, 5) is 0. The second kappa shape index (κ2) is 3.49. The van der Waals surface area contributed by atoms with Gasteiger partial charge in [-0.15, -0.1) is 0 Å². The van der Waals surface area contributed by atoms with Crippen LogP contribution in [0, 0.1) is 5.41 Å². The lowest BCUT2D eigenvalue weighted by atomic mass is 9.84. The van der Waals surface area contributed by atoms with Crippen LogP contribution in [0.25, 0.3) is 6.08 Å². The zero-order valence-corrected chi connectivity index (χ0v) is 9.53. The Labute approximate surface area is 92.0 Å². The molecule has 0 amide bonds. The van der Waals surface area contributed by atoms with E-state index in [0.29, 0.717) is 0 Å². The highest BCUT2D eigenvalue weighted by atomic mass is 14.8. The van der Waals surface area contributed by atoms with E-state index < -0.39 is 0 Å². The summed E-state index contributed by atoms with van der Waals surface area (Å²) in [6, 6.07) is 10.4. The fraction of sp³-hybridized carbons (Fsp3) is 0.429. The standard InChI is InChI=1S/C14H19N/c1-13(2,15)14(10-11-14)9-8-12-6-4-3-5-7-12/h3-9H,10-11,15H2,1-2H3/b9-8+. The summed E-state index contributed by atoms with van der Waals surface area (Å²) in [7, 11) is 0. The van der Waals surface area contributed by atoms with E-state index in [1.165, 1.54) is 18.4 Å². The molecule has 1 fully saturated rings. The maximum atomic E-state index is 6.19. The van der Waals surface area contributed by atoms with E-state index in [0.717, 1.165) is 0 Å². The second-order valence-electron chi connectivity index (χ2n) is 5.12. The summed E-state index contributed by atoms with van der Waals surface area (Å²) in [6.45, 7) is 4.24. The van der Waals surface area contributed by atoms with Crippen molar-refractivity contribution in [2.45, 2.75) is 32.2 Å². The minimum Gasteiger partial charge on any atom is -0.325 e. The van der Waals surface area contributed by atoms with E-state index in [1.54, 1.807) is 0 Å². The molecule has 1 aromatic rings. The van der Waals surface area contributed by atoms with E-state index in [-0.39, 0.29) is 11.0 Å². The molecule has 0 spiro atoms. The fourth-order valence-corrected chi connectivity index (χ4v) is 1.98. The van der Waals surface area contributed by atoms with Gasteiger partial charge in [0.15, 0.2) is 0 Å². The lowest BCUT2D eigenvalue weighted by Gasteiger charge is -2.27. The van der Waals surface area contributed by atoms with Crippen LogP contribution in [0.2, 0.25) is 0 Å². The van der Waals surface area contributed by atoms with Crippen molar-refractivity contribution in [2.24, 2.45) is 11.1 Å². The van der Waals surface area contributed by atoms with Crippen molar-refractivity contribution in [3.8, 4) is 0 Å². The van der Waals surface area contributed by atoms with Gasteiger partial charge in [0.05, 0.1) is 0 Å². The highest BCUT2D eigenvalue weighted by molar-refractivity contribution is 5.51. The topological polar surface area (TPSA) is 26.0 Å². The molecule has 1 aliphatic rings. The summed E-state index contributed by atoms with van der Waals surface area (Å²) >= 11 is 0. The molecule has 0 unspecified atom stereocenters. The summed E-state index contributed by atoms with van der Waals surface area (Å²) in [6.07, 6.45) is 6.93. The Balaban J connectivity index is 2.13. The molecule has 0 heterocycles. The Morgan fingerprint density at radius 2 is 1.80 bits per heavy atom. The zero-order valence-electron chi connectivity index (χ0n) is 9.53. The molecule has 0 bridgehead atoms. The van der Waals surface area contributed by atoms with Gasteiger partial charge in [0, 0.05) is 11.0 Å². The van der Waals surface area contributed by atoms with Gasteiger partial charge in [-0.2, -0.15) is 0 Å². The van der Waals surface area contributed by atoms with E-state index in [4.69, 9.17) is 5.73 Å². The first-order valence-corrected chi connectivity index (χ1v) is 5.57. The molecule has 0 aliphatic heterocycles. The Morgan fingerprint density at radius 3 is 2.27 bits per heavy atom. The molecule has 0 saturated heterocycles. The molecule has 2 N–H and O–H groups in total. The van der Waals surface area contributed by atoms with Gasteiger partial charge in [-0.05, 0) is 32.3 Å². The minimum absolute atomic E-state index is 0.0989. The van der Waals surface area contributed by atoms with Gasteiger partial charge in [-0.3, -0.25) is 0 Å². The molecule has 1 heteroatoms. The fourth-order valence-electron chi connectivity index (χ4n) is 1.98. The van der Waals surface area contributed by atoms with E-state index in [1.807, 2.05) is 6.07 Å². The summed E-state index contributed by atoms with van der Waals surface area (Å²) in [5.74, 6) is 0. The molecule has 0 radical (unpaired) electrons. The first-order valence-electron chi connectivity index (χ1n) is 5.57. The molecule has 2 rings (SSSR count). The van der Waals surface area contributed by atoms with Crippen LogP contribution in [-0.2, 0) is 0 Å². The van der Waals surface area contributed by atoms with Crippen molar-refractivity contribution in [3.05, 3.63) is 42.0 Å². The van der Waals surface area contributed by atoms with Crippen LogP contribution in [0.4, 0.5) is 0 Å². The molecule has 0 atom stereocenters. The van der Waals surface area contributed by atoms with Crippen LogP contribution in [0.5, 0.6) is 0 Å². The molecule has 1 nitrogen and oxygen atoms in total. The van der Waals surface area contributed by atoms with Crippen molar-refractivity contribution < 1.29 is 0 Å². The van der Waals surface area contributed by atoms with E-state index in [9.17, 15) is 0 Å². The van der Waals surface area contributed by atoms with E-state index >= 15 is 0 Å². The second-order valence-corrected chi connectivity index (χ2v) is 5.12. The number of nitrogens with two attached hydrogens (primary N) is 1. The van der Waals surface area contributed by atoms with Crippen LogP contribution < -0.4 is 5.73 Å². The molecular weight excluding hydrogens is 182 g/mol. The first kappa shape index (κ1) is 10.4. The third kappa shape index (κ3) is 2.13. The zero-order chi connectivity index (χ0) is 10.9. The van der Waals surface area contributed by atoms with Crippen molar-refractivity contribution >= 4 is 6.08 Å². The number of hydrogen-bond acceptors (Lipinski definition) is 1. The number of rotatable bonds is 3. The Bertz CT molecular complexity index is 353. The number of benzene rings is 1. The maximum absolute atomic E-state index is 6.19. The molecule has 80 valence electrons. The van der Waals surface area contributed by atoms with Gasteiger partial charge in [0.25, 0.3) is 0 Å². The van der Waals surface area contributed by atoms with Gasteiger partial charge in [0.1, 0.15) is 0 Å². The predicted octanol–water partition coefficient (Wildman–Crippen LogP) is 3.22. The monoisotopic (exact) mass is 201 g/mol. The smallest absolute Gasteiger partial charge is 0.0189 e. The quantitative estimate of drug-likeness (QED) is 0.798. The average molecular weight is 201 g/mol. The maximum Gasteiger partial charge on any atom is 0.0189 e. The molecular formula is C14H19N. The molecule has 1 aromatic carbocycles.